The number of hydrogen-bond acceptors (Lipinski definition) is 41. The highest BCUT2D eigenvalue weighted by atomic mass is 31.2. The first kappa shape index (κ1) is 121. The van der Waals surface area contributed by atoms with E-state index in [-0.39, 0.29) is 144 Å². The Morgan fingerprint density at radius 1 is 0.324 bits per heavy atom. The monoisotopic (exact) mass is 1970 g/mol. The molecule has 0 saturated carbocycles. The molecule has 8 N–H and O–H groups in total. The van der Waals surface area contributed by atoms with Crippen LogP contribution < -0.4 is 42.5 Å². The summed E-state index contributed by atoms with van der Waals surface area (Å²) in [4.78, 5) is 217. The van der Waals surface area contributed by atoms with Crippen molar-refractivity contribution in [3.05, 3.63) is 0 Å². The van der Waals surface area contributed by atoms with Gasteiger partial charge in [-0.1, -0.05) is 27.7 Å². The average molecular weight is 1970 g/mol. The van der Waals surface area contributed by atoms with Crippen molar-refractivity contribution in [1.82, 2.24) is 42.5 Å². The molecule has 3 fully saturated rings. The molecule has 774 valence electrons. The molecule has 49 nitrogen and oxygen atoms in total. The van der Waals surface area contributed by atoms with E-state index in [2.05, 4.69) is 76.1 Å². The predicted molar refractivity (Wildman–Crippen MR) is 467 cm³/mol. The Morgan fingerprint density at radius 3 is 0.912 bits per heavy atom. The molecular weight excluding hydrogens is 1830 g/mol. The Hall–Kier alpha value is -9.62. The fourth-order valence-corrected chi connectivity index (χ4v) is 15.7. The maximum atomic E-state index is 14.2. The predicted octanol–water partition coefficient (Wildman–Crippen LogP) is -1.56. The van der Waals surface area contributed by atoms with Gasteiger partial charge < -0.3 is 156 Å². The van der Waals surface area contributed by atoms with Gasteiger partial charge in [0.2, 0.25) is 47.3 Å². The second-order valence-corrected chi connectivity index (χ2v) is 33.1. The highest BCUT2D eigenvalue weighted by molar-refractivity contribution is 7.48. The van der Waals surface area contributed by atoms with Gasteiger partial charge in [0.15, 0.2) is 63.9 Å². The quantitative estimate of drug-likeness (QED) is 0.0112. The molecule has 3 aliphatic heterocycles. The lowest BCUT2D eigenvalue weighted by Crippen LogP contribution is -2.66. The molecule has 0 aromatic rings. The number of carbonyl (C=O) groups excluding carboxylic acids is 17. The summed E-state index contributed by atoms with van der Waals surface area (Å²) in [6.07, 6.45) is -12.4. The Kier molecular flexibility index (Phi) is 60.6. The molecule has 3 aliphatic rings. The first-order valence-electron chi connectivity index (χ1n) is 44.6. The summed E-state index contributed by atoms with van der Waals surface area (Å²) in [5, 5.41) is 20.9. The maximum absolute atomic E-state index is 14.2. The van der Waals surface area contributed by atoms with Crippen LogP contribution in [0.3, 0.4) is 0 Å². The van der Waals surface area contributed by atoms with Crippen molar-refractivity contribution in [3.63, 3.8) is 0 Å². The van der Waals surface area contributed by atoms with E-state index in [1.165, 1.54) is 6.92 Å². The van der Waals surface area contributed by atoms with Gasteiger partial charge in [0, 0.05) is 134 Å². The summed E-state index contributed by atoms with van der Waals surface area (Å²) < 4.78 is 136. The Balaban J connectivity index is 1.81. The molecule has 0 aromatic heterocycles. The van der Waals surface area contributed by atoms with Gasteiger partial charge in [-0.25, -0.2) is 0 Å². The molecule has 8 amide bonds. The molecule has 50 heteroatoms. The molecule has 0 radical (unpaired) electrons. The van der Waals surface area contributed by atoms with Crippen LogP contribution in [0.15, 0.2) is 0 Å². The normalized spacial score (nSPS) is 21.9. The van der Waals surface area contributed by atoms with Gasteiger partial charge in [0.1, 0.15) is 68.3 Å². The molecule has 0 spiro atoms. The van der Waals surface area contributed by atoms with Crippen molar-refractivity contribution in [2.75, 3.05) is 165 Å². The van der Waals surface area contributed by atoms with Crippen LogP contribution in [0.2, 0.25) is 0 Å². The third kappa shape index (κ3) is 51.2. The Labute approximate surface area is 791 Å². The molecule has 0 aromatic carbocycles. The largest absolute Gasteiger partial charge is 0.463 e. The number of rotatable bonds is 68. The van der Waals surface area contributed by atoms with E-state index in [1.807, 2.05) is 0 Å². The van der Waals surface area contributed by atoms with Gasteiger partial charge in [-0.3, -0.25) is 81.5 Å². The molecule has 18 atom stereocenters. The Bertz CT molecular complexity index is 3760. The molecule has 18 unspecified atom stereocenters. The van der Waals surface area contributed by atoms with Gasteiger partial charge in [0.25, 0.3) is 0 Å². The van der Waals surface area contributed by atoms with Crippen LogP contribution in [-0.2, 0) is 195 Å². The zero-order valence-electron chi connectivity index (χ0n) is 80.2. The van der Waals surface area contributed by atoms with E-state index in [0.29, 0.717) is 44.7 Å². The van der Waals surface area contributed by atoms with Gasteiger partial charge in [-0.15, -0.1) is 12.3 Å². The number of carbonyl (C=O) groups is 17. The van der Waals surface area contributed by atoms with Crippen molar-refractivity contribution in [2.45, 2.75) is 259 Å². The minimum absolute atomic E-state index is 0.0625. The smallest absolute Gasteiger partial charge is 0.303 e. The van der Waals surface area contributed by atoms with Crippen molar-refractivity contribution < 1.29 is 195 Å². The molecule has 0 bridgehead atoms. The van der Waals surface area contributed by atoms with Crippen LogP contribution in [0.1, 0.15) is 149 Å². The molecule has 3 saturated heterocycles. The van der Waals surface area contributed by atoms with Gasteiger partial charge >= 0.3 is 53.7 Å². The lowest BCUT2D eigenvalue weighted by Gasteiger charge is -2.44. The number of amides is 8. The fraction of sp³-hybridized carbons (Fsp3) is 0.779. The maximum Gasteiger partial charge on any atom is 0.303 e. The topological polar surface area (TPSA) is 608 Å². The molecular formula is C86H139N8O41P. The second-order valence-electron chi connectivity index (χ2n) is 31.4. The van der Waals surface area contributed by atoms with E-state index < -0.39 is 246 Å². The first-order valence-corrected chi connectivity index (χ1v) is 45.9. The average Bonchev–Trinajstić information content (AvgIpc) is 0.793. The zero-order valence-corrected chi connectivity index (χ0v) is 81.1. The number of hydrogen-bond donors (Lipinski definition) is 8. The number of esters is 9. The van der Waals surface area contributed by atoms with Crippen LogP contribution in [-0.4, -0.2) is 376 Å². The van der Waals surface area contributed by atoms with Crippen LogP contribution in [0.25, 0.3) is 0 Å². The summed E-state index contributed by atoms with van der Waals surface area (Å²) in [5.41, 5.74) is 0.212. The van der Waals surface area contributed by atoms with Gasteiger partial charge in [0.05, 0.1) is 126 Å². The third-order valence-corrected chi connectivity index (χ3v) is 21.7. The fourth-order valence-electron chi connectivity index (χ4n) is 13.8. The highest BCUT2D eigenvalue weighted by Crippen LogP contribution is 2.50. The molecule has 3 rings (SSSR count). The van der Waals surface area contributed by atoms with Gasteiger partial charge in [-0.2, -0.15) is 0 Å². The van der Waals surface area contributed by atoms with E-state index in [4.69, 9.17) is 120 Å². The minimum Gasteiger partial charge on any atom is -0.463 e. The first-order chi connectivity index (χ1) is 64.6. The van der Waals surface area contributed by atoms with Crippen molar-refractivity contribution in [3.8, 4) is 12.3 Å². The standard InChI is InChI=1S/C86H139N8O41P/c1-18-19-28-125-136(81(50(2)3)51(4)5)126-46-42-118-38-37-117-36-35-116-34-33-112-29-24-71(109)94-65(83(111)89-27-32-115-41-45-121-86-74(92-54(8)97)80(132-63(17)106)77(129-60(14)103)68(135-86)49-124-57(11)100)21-23-70(108)93-64(82(110)88-26-31-114-40-44-120-85-73(91-53(7)96)79(131-62(16)105)76(128-59(13)102)67(134-85)48-123-56(10)99)20-22-69(107)87-25-30-113-39-43-119-84-72(90-52(6)95)78(130-61(15)104)75(127-58(12)101)66(133-84)47-122-55(9)98/h1,50-51,64-68,72-81,84-86H,19-49H2,2-17H3,(H,87,107)(H,88,110)(H,89,111)(H,90,95)(H,91,96)(H,92,97)(H,93,108)(H,94,109). The number of terminal acetylenes is 1. The summed E-state index contributed by atoms with van der Waals surface area (Å²) in [5.74, 6) is -9.47. The van der Waals surface area contributed by atoms with Gasteiger partial charge in [-0.05, 0) is 24.7 Å². The summed E-state index contributed by atoms with van der Waals surface area (Å²) in [6, 6.07) is -6.74. The summed E-state index contributed by atoms with van der Waals surface area (Å²) >= 11 is 0. The highest BCUT2D eigenvalue weighted by Gasteiger charge is 2.55. The molecule has 3 heterocycles. The zero-order chi connectivity index (χ0) is 101. The lowest BCUT2D eigenvalue weighted by molar-refractivity contribution is -0.279. The molecule has 136 heavy (non-hydrogen) atoms. The van der Waals surface area contributed by atoms with E-state index in [1.54, 1.807) is 0 Å². The lowest BCUT2D eigenvalue weighted by atomic mass is 9.96. The summed E-state index contributed by atoms with van der Waals surface area (Å²) in [7, 11) is -1.19. The van der Waals surface area contributed by atoms with Crippen molar-refractivity contribution in [1.29, 1.82) is 0 Å². The van der Waals surface area contributed by atoms with E-state index in [9.17, 15) is 81.5 Å². The number of ether oxygens (including phenoxy) is 22. The Morgan fingerprint density at radius 2 is 0.603 bits per heavy atom. The third-order valence-electron chi connectivity index (χ3n) is 19.1. The van der Waals surface area contributed by atoms with E-state index >= 15 is 0 Å². The van der Waals surface area contributed by atoms with Crippen molar-refractivity contribution in [2.24, 2.45) is 11.8 Å². The number of nitrogens with one attached hydrogen (secondary N) is 8. The second kappa shape index (κ2) is 68.4. The molecule has 0 aliphatic carbocycles. The van der Waals surface area contributed by atoms with Crippen molar-refractivity contribution >= 4 is 109 Å². The van der Waals surface area contributed by atoms with E-state index in [0.717, 1.165) is 76.2 Å². The van der Waals surface area contributed by atoms with Crippen LogP contribution in [0, 0.1) is 24.2 Å². The summed E-state index contributed by atoms with van der Waals surface area (Å²) in [6.45, 7) is 20.1. The van der Waals surface area contributed by atoms with Crippen LogP contribution in [0.5, 0.6) is 0 Å². The van der Waals surface area contributed by atoms with Crippen LogP contribution in [0.4, 0.5) is 0 Å². The minimum atomic E-state index is -1.46. The SMILES string of the molecule is C#CCCOP(OCCOCCOCCOCCOCCC(=O)NC(CCC(=O)NC(CCC(=O)NCCOCCOC1OC(COC(C)=O)C(OC(C)=O)C(OC(C)=O)C1NC(C)=O)C(=O)NCCOCCOC1OC(COC(C)=O)C(OC(C)=O)C(OC(C)=O)C1NC(C)=O)C(=O)NCCOCCOC1OC(COC(C)=O)C(OC(C)=O)C(OC(C)=O)C1NC(C)=O)C(C(C)C)C(C)C. The van der Waals surface area contributed by atoms with Crippen LogP contribution >= 0.6 is 8.38 Å².